The third kappa shape index (κ3) is 2.67. The van der Waals surface area contributed by atoms with Crippen molar-refractivity contribution in [3.63, 3.8) is 0 Å². The van der Waals surface area contributed by atoms with Crippen LogP contribution in [0.25, 0.3) is 0 Å². The molecule has 7 nitrogen and oxygen atoms in total. The first kappa shape index (κ1) is 12.6. The predicted octanol–water partition coefficient (Wildman–Crippen LogP) is 0.620. The molecule has 0 atom stereocenters. The van der Waals surface area contributed by atoms with Crippen molar-refractivity contribution < 1.29 is 0 Å². The molecule has 0 fully saturated rings. The van der Waals surface area contributed by atoms with Crippen LogP contribution in [0.5, 0.6) is 0 Å². The highest BCUT2D eigenvalue weighted by Crippen LogP contribution is 2.14. The van der Waals surface area contributed by atoms with Gasteiger partial charge in [-0.05, 0) is 6.92 Å². The summed E-state index contributed by atoms with van der Waals surface area (Å²) < 4.78 is 2.99. The molecule has 0 aliphatic carbocycles. The van der Waals surface area contributed by atoms with Gasteiger partial charge in [-0.15, -0.1) is 5.10 Å². The van der Waals surface area contributed by atoms with Gasteiger partial charge in [0, 0.05) is 19.3 Å². The van der Waals surface area contributed by atoms with Crippen molar-refractivity contribution in [1.82, 2.24) is 24.8 Å². The number of halogens is 1. The Labute approximate surface area is 108 Å². The van der Waals surface area contributed by atoms with Gasteiger partial charge in [0.1, 0.15) is 5.02 Å². The highest BCUT2D eigenvalue weighted by atomic mass is 35.5. The summed E-state index contributed by atoms with van der Waals surface area (Å²) in [6.45, 7) is 3.55. The Bertz CT molecular complexity index is 564. The van der Waals surface area contributed by atoms with Gasteiger partial charge in [0.25, 0.3) is 5.56 Å². The van der Waals surface area contributed by atoms with Crippen molar-refractivity contribution in [3.8, 4) is 0 Å². The maximum Gasteiger partial charge on any atom is 0.287 e. The van der Waals surface area contributed by atoms with Gasteiger partial charge in [-0.3, -0.25) is 9.48 Å². The smallest absolute Gasteiger partial charge is 0.287 e. The average Bonchev–Trinajstić information content (AvgIpc) is 2.88. The van der Waals surface area contributed by atoms with E-state index in [9.17, 15) is 4.79 Å². The van der Waals surface area contributed by atoms with Crippen molar-refractivity contribution in [3.05, 3.63) is 34.0 Å². The van der Waals surface area contributed by atoms with E-state index in [0.717, 1.165) is 0 Å². The Kier molecular flexibility index (Phi) is 3.93. The number of aromatic nitrogens is 5. The molecule has 0 radical (unpaired) electrons. The van der Waals surface area contributed by atoms with Crippen molar-refractivity contribution in [2.24, 2.45) is 0 Å². The third-order valence-electron chi connectivity index (χ3n) is 2.41. The fourth-order valence-electron chi connectivity index (χ4n) is 1.47. The molecule has 0 spiro atoms. The van der Waals surface area contributed by atoms with Crippen molar-refractivity contribution >= 4 is 17.3 Å². The molecule has 96 valence electrons. The molecule has 18 heavy (non-hydrogen) atoms. The number of rotatable bonds is 5. The minimum atomic E-state index is -0.287. The second kappa shape index (κ2) is 5.63. The standard InChI is InChI=1S/C10H13ClN6O/c1-2-17-10(18)9(11)8(7-14-17)12-3-5-16-6-4-13-15-16/h4,6-7,12H,2-3,5H2,1H3. The summed E-state index contributed by atoms with van der Waals surface area (Å²) in [6.07, 6.45) is 4.92. The van der Waals surface area contributed by atoms with E-state index in [4.69, 9.17) is 11.6 Å². The molecule has 2 rings (SSSR count). The first-order chi connectivity index (χ1) is 8.72. The van der Waals surface area contributed by atoms with Gasteiger partial charge in [-0.25, -0.2) is 4.68 Å². The number of hydrogen-bond acceptors (Lipinski definition) is 5. The lowest BCUT2D eigenvalue weighted by molar-refractivity contribution is 0.604. The first-order valence-electron chi connectivity index (χ1n) is 5.56. The normalized spacial score (nSPS) is 10.6. The van der Waals surface area contributed by atoms with Crippen LogP contribution in [0, 0.1) is 0 Å². The summed E-state index contributed by atoms with van der Waals surface area (Å²) in [7, 11) is 0. The zero-order chi connectivity index (χ0) is 13.0. The van der Waals surface area contributed by atoms with Crippen LogP contribution in [0.1, 0.15) is 6.92 Å². The minimum absolute atomic E-state index is 0.158. The molecule has 8 heteroatoms. The van der Waals surface area contributed by atoms with Gasteiger partial charge in [0.05, 0.1) is 24.6 Å². The number of anilines is 1. The van der Waals surface area contributed by atoms with E-state index in [0.29, 0.717) is 25.3 Å². The molecule has 0 saturated heterocycles. The lowest BCUT2D eigenvalue weighted by Crippen LogP contribution is -2.24. The molecule has 1 N–H and O–H groups in total. The molecule has 2 aromatic rings. The predicted molar refractivity (Wildman–Crippen MR) is 67.7 cm³/mol. The molecule has 0 aromatic carbocycles. The second-order valence-electron chi connectivity index (χ2n) is 3.59. The number of aryl methyl sites for hydroxylation is 1. The van der Waals surface area contributed by atoms with Crippen LogP contribution in [-0.4, -0.2) is 31.3 Å². The first-order valence-corrected chi connectivity index (χ1v) is 5.93. The second-order valence-corrected chi connectivity index (χ2v) is 3.96. The van der Waals surface area contributed by atoms with E-state index < -0.39 is 0 Å². The Hall–Kier alpha value is -1.89. The Morgan fingerprint density at radius 3 is 3.00 bits per heavy atom. The van der Waals surface area contributed by atoms with Crippen LogP contribution in [0.2, 0.25) is 5.02 Å². The highest BCUT2D eigenvalue weighted by molar-refractivity contribution is 6.32. The van der Waals surface area contributed by atoms with Crippen molar-refractivity contribution in [2.45, 2.75) is 20.0 Å². The number of nitrogens with zero attached hydrogens (tertiary/aromatic N) is 5. The maximum absolute atomic E-state index is 11.7. The summed E-state index contributed by atoms with van der Waals surface area (Å²) in [5, 5.41) is 14.7. The fourth-order valence-corrected chi connectivity index (χ4v) is 1.68. The van der Waals surface area contributed by atoms with Gasteiger partial charge >= 0.3 is 0 Å². The van der Waals surface area contributed by atoms with Gasteiger partial charge in [-0.1, -0.05) is 16.8 Å². The topological polar surface area (TPSA) is 77.6 Å². The highest BCUT2D eigenvalue weighted by Gasteiger charge is 2.07. The molecule has 0 unspecified atom stereocenters. The van der Waals surface area contributed by atoms with Crippen LogP contribution in [0.15, 0.2) is 23.4 Å². The van der Waals surface area contributed by atoms with Crippen molar-refractivity contribution in [2.75, 3.05) is 11.9 Å². The van der Waals surface area contributed by atoms with Crippen LogP contribution in [-0.2, 0) is 13.1 Å². The van der Waals surface area contributed by atoms with Gasteiger partial charge in [0.15, 0.2) is 0 Å². The quantitative estimate of drug-likeness (QED) is 0.860. The Morgan fingerprint density at radius 2 is 2.33 bits per heavy atom. The van der Waals surface area contributed by atoms with Gasteiger partial charge in [-0.2, -0.15) is 5.10 Å². The van der Waals surface area contributed by atoms with E-state index in [2.05, 4.69) is 20.7 Å². The largest absolute Gasteiger partial charge is 0.381 e. The van der Waals surface area contributed by atoms with Gasteiger partial charge < -0.3 is 5.32 Å². The monoisotopic (exact) mass is 268 g/mol. The molecule has 0 aliphatic heterocycles. The van der Waals surface area contributed by atoms with E-state index >= 15 is 0 Å². The summed E-state index contributed by atoms with van der Waals surface area (Å²) >= 11 is 5.97. The zero-order valence-corrected chi connectivity index (χ0v) is 10.6. The Balaban J connectivity index is 2.02. The number of hydrogen-bond donors (Lipinski definition) is 1. The van der Waals surface area contributed by atoms with Crippen LogP contribution >= 0.6 is 11.6 Å². The van der Waals surface area contributed by atoms with E-state index in [-0.39, 0.29) is 10.6 Å². The molecule has 0 aliphatic rings. The summed E-state index contributed by atoms with van der Waals surface area (Å²) in [5.74, 6) is 0. The SMILES string of the molecule is CCn1ncc(NCCn2ccnn2)c(Cl)c1=O. The lowest BCUT2D eigenvalue weighted by Gasteiger charge is -2.08. The zero-order valence-electron chi connectivity index (χ0n) is 9.88. The molecule has 0 saturated carbocycles. The van der Waals surface area contributed by atoms with Crippen LogP contribution < -0.4 is 10.9 Å². The molecule has 0 amide bonds. The summed E-state index contributed by atoms with van der Waals surface area (Å²) in [5.41, 5.74) is 0.247. The molecule has 2 heterocycles. The average molecular weight is 269 g/mol. The molecule has 2 aromatic heterocycles. The van der Waals surface area contributed by atoms with Gasteiger partial charge in [0.2, 0.25) is 0 Å². The van der Waals surface area contributed by atoms with Crippen LogP contribution in [0.4, 0.5) is 5.69 Å². The summed E-state index contributed by atoms with van der Waals surface area (Å²) in [4.78, 5) is 11.7. The lowest BCUT2D eigenvalue weighted by atomic mass is 10.4. The molecular weight excluding hydrogens is 256 g/mol. The van der Waals surface area contributed by atoms with Crippen LogP contribution in [0.3, 0.4) is 0 Å². The Morgan fingerprint density at radius 1 is 1.50 bits per heavy atom. The van der Waals surface area contributed by atoms with Crippen molar-refractivity contribution in [1.29, 1.82) is 0 Å². The molecule has 0 bridgehead atoms. The molecular formula is C10H13ClN6O. The van der Waals surface area contributed by atoms with E-state index in [1.54, 1.807) is 23.3 Å². The fraction of sp³-hybridized carbons (Fsp3) is 0.400. The minimum Gasteiger partial charge on any atom is -0.381 e. The number of nitrogens with one attached hydrogen (secondary N) is 1. The maximum atomic E-state index is 11.7. The third-order valence-corrected chi connectivity index (χ3v) is 2.78. The summed E-state index contributed by atoms with van der Waals surface area (Å²) in [6, 6.07) is 0. The van der Waals surface area contributed by atoms with E-state index in [1.165, 1.54) is 4.68 Å². The van der Waals surface area contributed by atoms with E-state index in [1.807, 2.05) is 6.92 Å².